The van der Waals surface area contributed by atoms with Crippen LogP contribution in [0.1, 0.15) is 5.56 Å². The highest BCUT2D eigenvalue weighted by Crippen LogP contribution is 1.98. The molecular formula is C7H7Si3. The molecule has 0 unspecified atom stereocenters. The van der Waals surface area contributed by atoms with Crippen LogP contribution in [0.4, 0.5) is 0 Å². The Balaban J connectivity index is 2.59. The van der Waals surface area contributed by atoms with Gasteiger partial charge in [0.05, 0.1) is 0 Å². The quantitative estimate of drug-likeness (QED) is 0.577. The second kappa shape index (κ2) is 3.90. The summed E-state index contributed by atoms with van der Waals surface area (Å²) in [6, 6.07) is 11.6. The average Bonchev–Trinajstić information content (AvgIpc) is 1.88. The van der Waals surface area contributed by atoms with E-state index in [2.05, 4.69) is 43.8 Å². The first-order chi connectivity index (χ1) is 4.79. The lowest BCUT2D eigenvalue weighted by Crippen LogP contribution is -2.17. The van der Waals surface area contributed by atoms with E-state index in [1.54, 1.807) is 0 Å². The molecule has 0 heterocycles. The van der Waals surface area contributed by atoms with Gasteiger partial charge in [0.15, 0.2) is 0 Å². The molecule has 3 heteroatoms. The van der Waals surface area contributed by atoms with Gasteiger partial charge in [-0.3, -0.25) is 0 Å². The van der Waals surface area contributed by atoms with Crippen molar-refractivity contribution in [3.8, 4) is 0 Å². The molecule has 0 amide bonds. The Morgan fingerprint density at radius 3 is 2.20 bits per heavy atom. The molecule has 7 radical (unpaired) electrons. The third kappa shape index (κ3) is 2.64. The third-order valence-electron chi connectivity index (χ3n) is 1.22. The Labute approximate surface area is 69.7 Å². The van der Waals surface area contributed by atoms with E-state index in [9.17, 15) is 0 Å². The summed E-state index contributed by atoms with van der Waals surface area (Å²) in [6.07, 6.45) is 0. The number of hydrogen-bond acceptors (Lipinski definition) is 0. The molecule has 0 fully saturated rings. The highest BCUT2D eigenvalue weighted by molar-refractivity contribution is 7.28. The van der Waals surface area contributed by atoms with E-state index in [1.165, 1.54) is 5.56 Å². The third-order valence-corrected chi connectivity index (χ3v) is 3.05. The highest BCUT2D eigenvalue weighted by Gasteiger charge is 1.96. The van der Waals surface area contributed by atoms with Gasteiger partial charge in [0, 0.05) is 27.4 Å². The number of rotatable bonds is 2. The zero-order chi connectivity index (χ0) is 7.40. The van der Waals surface area contributed by atoms with E-state index in [1.807, 2.05) is 6.07 Å². The van der Waals surface area contributed by atoms with Crippen LogP contribution in [0.3, 0.4) is 0 Å². The zero-order valence-electron chi connectivity index (χ0n) is 5.59. The van der Waals surface area contributed by atoms with Crippen LogP contribution < -0.4 is 0 Å². The lowest BCUT2D eigenvalue weighted by Gasteiger charge is -2.00. The van der Waals surface area contributed by atoms with E-state index in [-0.39, 0.29) is 0 Å². The molecule has 0 nitrogen and oxygen atoms in total. The van der Waals surface area contributed by atoms with Crippen molar-refractivity contribution >= 4 is 27.4 Å². The first-order valence-corrected chi connectivity index (χ1v) is 7.82. The van der Waals surface area contributed by atoms with Crippen LogP contribution in [0.5, 0.6) is 0 Å². The Bertz CT molecular complexity index is 183. The molecular weight excluding hydrogens is 168 g/mol. The molecule has 0 spiro atoms. The lowest BCUT2D eigenvalue weighted by molar-refractivity contribution is 1.39. The normalized spacial score (nSPS) is 10.3. The summed E-state index contributed by atoms with van der Waals surface area (Å²) < 4.78 is 0. The zero-order valence-corrected chi connectivity index (χ0v) is 8.59. The van der Waals surface area contributed by atoms with Gasteiger partial charge < -0.3 is 0 Å². The SMILES string of the molecule is [Si][Si]([Si])Cc1ccccc1. The van der Waals surface area contributed by atoms with Gasteiger partial charge in [-0.1, -0.05) is 35.9 Å². The summed E-state index contributed by atoms with van der Waals surface area (Å²) >= 11 is 0. The molecule has 0 N–H and O–H groups in total. The molecule has 47 valence electrons. The molecule has 0 aliphatic carbocycles. The first kappa shape index (κ1) is 7.97. The minimum atomic E-state index is -0.476. The van der Waals surface area contributed by atoms with Gasteiger partial charge in [-0.25, -0.2) is 0 Å². The number of hydrogen-bond donors (Lipinski definition) is 0. The minimum Gasteiger partial charge on any atom is -0.0622 e. The first-order valence-electron chi connectivity index (χ1n) is 3.12. The highest BCUT2D eigenvalue weighted by atomic mass is 29.5. The maximum atomic E-state index is 3.57. The van der Waals surface area contributed by atoms with Crippen LogP contribution in [-0.4, -0.2) is 27.4 Å². The van der Waals surface area contributed by atoms with Crippen molar-refractivity contribution in [3.63, 3.8) is 0 Å². The van der Waals surface area contributed by atoms with E-state index < -0.39 is 7.83 Å². The fourth-order valence-electron chi connectivity index (χ4n) is 0.800. The summed E-state index contributed by atoms with van der Waals surface area (Å²) in [5, 5.41) is 0. The van der Waals surface area contributed by atoms with Crippen molar-refractivity contribution in [2.75, 3.05) is 0 Å². The Hall–Kier alpha value is -0.129. The molecule has 1 rings (SSSR count). The fourth-order valence-corrected chi connectivity index (χ4v) is 2.67. The van der Waals surface area contributed by atoms with Crippen molar-refractivity contribution in [1.82, 2.24) is 0 Å². The van der Waals surface area contributed by atoms with Gasteiger partial charge in [0.2, 0.25) is 0 Å². The standard InChI is InChI=1S/C7H7Si3/c8-10(9)6-7-4-2-1-3-5-7/h1-5H,6H2. The molecule has 1 aromatic carbocycles. The van der Waals surface area contributed by atoms with Crippen LogP contribution in [0.25, 0.3) is 0 Å². The Morgan fingerprint density at radius 1 is 1.10 bits per heavy atom. The van der Waals surface area contributed by atoms with Crippen molar-refractivity contribution in [3.05, 3.63) is 35.9 Å². The van der Waals surface area contributed by atoms with Gasteiger partial charge in [0.25, 0.3) is 0 Å². The largest absolute Gasteiger partial charge is 0.0622 e. The van der Waals surface area contributed by atoms with E-state index in [4.69, 9.17) is 0 Å². The molecule has 0 saturated heterocycles. The summed E-state index contributed by atoms with van der Waals surface area (Å²) in [6.45, 7) is 0. The van der Waals surface area contributed by atoms with E-state index in [0.29, 0.717) is 0 Å². The molecule has 0 aliphatic heterocycles. The summed E-state index contributed by atoms with van der Waals surface area (Å²) in [7, 11) is 6.67. The smallest absolute Gasteiger partial charge is 0.0199 e. The van der Waals surface area contributed by atoms with Gasteiger partial charge in [-0.05, 0) is 6.04 Å². The molecule has 0 aromatic heterocycles. The second-order valence-corrected chi connectivity index (χ2v) is 8.57. The molecule has 10 heavy (non-hydrogen) atoms. The van der Waals surface area contributed by atoms with Crippen LogP contribution in [-0.2, 0) is 6.04 Å². The van der Waals surface area contributed by atoms with Crippen LogP contribution >= 0.6 is 0 Å². The van der Waals surface area contributed by atoms with Gasteiger partial charge in [0.1, 0.15) is 0 Å². The topological polar surface area (TPSA) is 0 Å². The van der Waals surface area contributed by atoms with Crippen LogP contribution in [0.15, 0.2) is 30.3 Å². The van der Waals surface area contributed by atoms with Gasteiger partial charge in [-0.15, -0.1) is 0 Å². The maximum absolute atomic E-state index is 3.57. The van der Waals surface area contributed by atoms with Gasteiger partial charge >= 0.3 is 0 Å². The maximum Gasteiger partial charge on any atom is 0.0199 e. The second-order valence-electron chi connectivity index (χ2n) is 2.14. The van der Waals surface area contributed by atoms with Gasteiger partial charge in [-0.2, -0.15) is 0 Å². The minimum absolute atomic E-state index is 0.476. The monoisotopic (exact) mass is 175 g/mol. The van der Waals surface area contributed by atoms with Crippen molar-refractivity contribution in [2.45, 2.75) is 6.04 Å². The van der Waals surface area contributed by atoms with E-state index >= 15 is 0 Å². The summed E-state index contributed by atoms with van der Waals surface area (Å²) in [5.41, 5.74) is 1.39. The molecule has 1 aromatic rings. The van der Waals surface area contributed by atoms with Crippen molar-refractivity contribution < 1.29 is 0 Å². The summed E-state index contributed by atoms with van der Waals surface area (Å²) in [4.78, 5) is 0. The molecule has 0 aliphatic rings. The predicted octanol–water partition coefficient (Wildman–Crippen LogP) is 0.593. The van der Waals surface area contributed by atoms with Crippen LogP contribution in [0.2, 0.25) is 0 Å². The predicted molar refractivity (Wildman–Crippen MR) is 47.4 cm³/mol. The lowest BCUT2D eigenvalue weighted by atomic mass is 10.2. The average molecular weight is 175 g/mol. The Kier molecular flexibility index (Phi) is 3.11. The molecule has 0 atom stereocenters. The van der Waals surface area contributed by atoms with Crippen molar-refractivity contribution in [2.24, 2.45) is 0 Å². The summed E-state index contributed by atoms with van der Waals surface area (Å²) in [5.74, 6) is 0. The Morgan fingerprint density at radius 2 is 1.70 bits per heavy atom. The molecule has 0 saturated carbocycles. The number of benzene rings is 1. The molecule has 0 bridgehead atoms. The van der Waals surface area contributed by atoms with E-state index in [0.717, 1.165) is 6.04 Å². The van der Waals surface area contributed by atoms with Crippen LogP contribution in [0, 0.1) is 0 Å². The fraction of sp³-hybridized carbons (Fsp3) is 0.143. The van der Waals surface area contributed by atoms with Crippen molar-refractivity contribution in [1.29, 1.82) is 0 Å².